The molecule has 0 radical (unpaired) electrons. The number of hydrogen-bond acceptors (Lipinski definition) is 4. The summed E-state index contributed by atoms with van der Waals surface area (Å²) in [7, 11) is 3.48. The van der Waals surface area contributed by atoms with Crippen LogP contribution >= 0.6 is 0 Å². The van der Waals surface area contributed by atoms with Gasteiger partial charge in [0, 0.05) is 38.6 Å². The second kappa shape index (κ2) is 5.71. The molecule has 6 heteroatoms. The maximum Gasteiger partial charge on any atom is 0.256 e. The molecule has 0 atom stereocenters. The van der Waals surface area contributed by atoms with Gasteiger partial charge >= 0.3 is 0 Å². The minimum atomic E-state index is -0.488. The lowest BCUT2D eigenvalue weighted by Gasteiger charge is -2.17. The molecule has 1 amide bonds. The van der Waals surface area contributed by atoms with Crippen molar-refractivity contribution in [1.29, 1.82) is 0 Å². The third-order valence-corrected chi connectivity index (χ3v) is 2.81. The highest BCUT2D eigenvalue weighted by atomic mass is 19.1. The maximum absolute atomic E-state index is 13.5. The van der Waals surface area contributed by atoms with Crippen molar-refractivity contribution in [1.82, 2.24) is 20.2 Å². The number of fused-ring (bicyclic) bond motifs is 1. The molecule has 0 spiro atoms. The topological polar surface area (TPSA) is 58.1 Å². The Hall–Kier alpha value is -2.08. The second-order valence-corrected chi connectivity index (χ2v) is 4.21. The molecular formula is C13H15FN4O. The van der Waals surface area contributed by atoms with Gasteiger partial charge in [0.25, 0.3) is 5.91 Å². The van der Waals surface area contributed by atoms with Crippen molar-refractivity contribution in [3.8, 4) is 0 Å². The standard InChI is InChI=1S/C13H15FN4O/c1-15-5-6-18(2)13(19)10-7-9(14)8-11-12(10)17-4-3-16-11/h3-4,7-8,15H,5-6H2,1-2H3. The van der Waals surface area contributed by atoms with E-state index in [0.29, 0.717) is 24.1 Å². The highest BCUT2D eigenvalue weighted by Gasteiger charge is 2.17. The first-order chi connectivity index (χ1) is 9.13. The van der Waals surface area contributed by atoms with Crippen LogP contribution < -0.4 is 5.32 Å². The number of benzene rings is 1. The molecule has 0 aliphatic rings. The van der Waals surface area contributed by atoms with E-state index < -0.39 is 5.82 Å². The van der Waals surface area contributed by atoms with Crippen LogP contribution in [0.3, 0.4) is 0 Å². The molecule has 1 heterocycles. The molecule has 0 unspecified atom stereocenters. The first kappa shape index (κ1) is 13.4. The SMILES string of the molecule is CNCCN(C)C(=O)c1cc(F)cc2nccnc12. The minimum Gasteiger partial charge on any atom is -0.340 e. The number of hydrogen-bond donors (Lipinski definition) is 1. The largest absolute Gasteiger partial charge is 0.340 e. The second-order valence-electron chi connectivity index (χ2n) is 4.21. The van der Waals surface area contributed by atoms with E-state index in [1.807, 2.05) is 0 Å². The summed E-state index contributed by atoms with van der Waals surface area (Å²) in [6, 6.07) is 2.47. The summed E-state index contributed by atoms with van der Waals surface area (Å²) in [6.07, 6.45) is 2.96. The Morgan fingerprint density at radius 2 is 2.11 bits per heavy atom. The molecule has 1 N–H and O–H groups in total. The highest BCUT2D eigenvalue weighted by Crippen LogP contribution is 2.17. The zero-order valence-electron chi connectivity index (χ0n) is 10.9. The monoisotopic (exact) mass is 262 g/mol. The molecule has 0 saturated carbocycles. The van der Waals surface area contributed by atoms with Crippen LogP contribution in [0.1, 0.15) is 10.4 Å². The van der Waals surface area contributed by atoms with E-state index in [4.69, 9.17) is 0 Å². The van der Waals surface area contributed by atoms with Crippen LogP contribution in [0.25, 0.3) is 11.0 Å². The zero-order valence-corrected chi connectivity index (χ0v) is 10.9. The van der Waals surface area contributed by atoms with Gasteiger partial charge in [0.1, 0.15) is 11.3 Å². The van der Waals surface area contributed by atoms with E-state index in [1.54, 1.807) is 14.1 Å². The number of halogens is 1. The predicted octanol–water partition coefficient (Wildman–Crippen LogP) is 1.06. The summed E-state index contributed by atoms with van der Waals surface area (Å²) in [5.41, 5.74) is 1.04. The van der Waals surface area contributed by atoms with E-state index in [1.165, 1.54) is 29.4 Å². The first-order valence-corrected chi connectivity index (χ1v) is 5.94. The number of carbonyl (C=O) groups is 1. The van der Waals surface area contributed by atoms with E-state index in [0.717, 1.165) is 0 Å². The van der Waals surface area contributed by atoms with Gasteiger partial charge in [0.05, 0.1) is 11.1 Å². The van der Waals surface area contributed by atoms with Crippen molar-refractivity contribution in [2.45, 2.75) is 0 Å². The van der Waals surface area contributed by atoms with Crippen molar-refractivity contribution >= 4 is 16.9 Å². The molecule has 100 valence electrons. The normalized spacial score (nSPS) is 10.7. The molecule has 5 nitrogen and oxygen atoms in total. The van der Waals surface area contributed by atoms with Gasteiger partial charge in [-0.1, -0.05) is 0 Å². The van der Waals surface area contributed by atoms with Crippen LogP contribution in [-0.2, 0) is 0 Å². The number of aromatic nitrogens is 2. The van der Waals surface area contributed by atoms with E-state index in [2.05, 4.69) is 15.3 Å². The van der Waals surface area contributed by atoms with Crippen LogP contribution in [0.2, 0.25) is 0 Å². The zero-order chi connectivity index (χ0) is 13.8. The third-order valence-electron chi connectivity index (χ3n) is 2.81. The van der Waals surface area contributed by atoms with Crippen molar-refractivity contribution in [2.75, 3.05) is 27.2 Å². The fraction of sp³-hybridized carbons (Fsp3) is 0.308. The lowest BCUT2D eigenvalue weighted by molar-refractivity contribution is 0.0798. The summed E-state index contributed by atoms with van der Waals surface area (Å²) in [4.78, 5) is 21.9. The Bertz CT molecular complexity index is 602. The van der Waals surface area contributed by atoms with Gasteiger partial charge < -0.3 is 10.2 Å². The van der Waals surface area contributed by atoms with Crippen LogP contribution in [-0.4, -0.2) is 48.0 Å². The lowest BCUT2D eigenvalue weighted by Crippen LogP contribution is -2.33. The molecule has 0 aliphatic carbocycles. The smallest absolute Gasteiger partial charge is 0.256 e. The summed E-state index contributed by atoms with van der Waals surface area (Å²) >= 11 is 0. The summed E-state index contributed by atoms with van der Waals surface area (Å²) in [5, 5.41) is 2.96. The van der Waals surface area contributed by atoms with Crippen molar-refractivity contribution < 1.29 is 9.18 Å². The molecular weight excluding hydrogens is 247 g/mol. The van der Waals surface area contributed by atoms with Gasteiger partial charge in [-0.25, -0.2) is 4.39 Å². The van der Waals surface area contributed by atoms with Crippen LogP contribution in [0.4, 0.5) is 4.39 Å². The van der Waals surface area contributed by atoms with Gasteiger partial charge in [-0.2, -0.15) is 0 Å². The van der Waals surface area contributed by atoms with Crippen LogP contribution in [0.5, 0.6) is 0 Å². The number of likely N-dealkylation sites (N-methyl/N-ethyl adjacent to an activating group) is 2. The van der Waals surface area contributed by atoms with E-state index >= 15 is 0 Å². The fourth-order valence-corrected chi connectivity index (χ4v) is 1.79. The van der Waals surface area contributed by atoms with Gasteiger partial charge in [0.2, 0.25) is 0 Å². The average molecular weight is 262 g/mol. The van der Waals surface area contributed by atoms with Crippen molar-refractivity contribution in [2.24, 2.45) is 0 Å². The number of nitrogens with zero attached hydrogens (tertiary/aromatic N) is 3. The first-order valence-electron chi connectivity index (χ1n) is 5.94. The quantitative estimate of drug-likeness (QED) is 0.895. The molecule has 1 aromatic heterocycles. The number of carbonyl (C=O) groups excluding carboxylic acids is 1. The average Bonchev–Trinajstić information content (AvgIpc) is 2.42. The van der Waals surface area contributed by atoms with Gasteiger partial charge in [0.15, 0.2) is 0 Å². The maximum atomic E-state index is 13.5. The summed E-state index contributed by atoms with van der Waals surface area (Å²) in [6.45, 7) is 1.20. The van der Waals surface area contributed by atoms with Crippen LogP contribution in [0.15, 0.2) is 24.5 Å². The Morgan fingerprint density at radius 3 is 2.84 bits per heavy atom. The molecule has 1 aromatic carbocycles. The Balaban J connectivity index is 2.41. The molecule has 2 aromatic rings. The lowest BCUT2D eigenvalue weighted by atomic mass is 10.1. The summed E-state index contributed by atoms with van der Waals surface area (Å²) in [5.74, 6) is -0.751. The fourth-order valence-electron chi connectivity index (χ4n) is 1.79. The third kappa shape index (κ3) is 2.85. The van der Waals surface area contributed by atoms with E-state index in [9.17, 15) is 9.18 Å². The minimum absolute atomic E-state index is 0.238. The van der Waals surface area contributed by atoms with Crippen molar-refractivity contribution in [3.63, 3.8) is 0 Å². The Kier molecular flexibility index (Phi) is 4.01. The highest BCUT2D eigenvalue weighted by molar-refractivity contribution is 6.04. The molecule has 0 fully saturated rings. The Morgan fingerprint density at radius 1 is 1.37 bits per heavy atom. The summed E-state index contributed by atoms with van der Waals surface area (Å²) < 4.78 is 13.5. The Labute approximate surface area is 110 Å². The van der Waals surface area contributed by atoms with Crippen LogP contribution in [0, 0.1) is 5.82 Å². The molecule has 0 aliphatic heterocycles. The van der Waals surface area contributed by atoms with E-state index in [-0.39, 0.29) is 11.5 Å². The number of nitrogens with one attached hydrogen (secondary N) is 1. The predicted molar refractivity (Wildman–Crippen MR) is 70.4 cm³/mol. The molecule has 19 heavy (non-hydrogen) atoms. The van der Waals surface area contributed by atoms with Gasteiger partial charge in [-0.05, 0) is 13.1 Å². The van der Waals surface area contributed by atoms with Crippen molar-refractivity contribution in [3.05, 3.63) is 35.9 Å². The van der Waals surface area contributed by atoms with Gasteiger partial charge in [-0.15, -0.1) is 0 Å². The number of rotatable bonds is 4. The van der Waals surface area contributed by atoms with Gasteiger partial charge in [-0.3, -0.25) is 14.8 Å². The molecule has 0 saturated heterocycles. The number of amides is 1. The molecule has 2 rings (SSSR count). The molecule has 0 bridgehead atoms.